The molecule has 0 spiro atoms. The number of benzene rings is 1. The van der Waals surface area contributed by atoms with Crippen LogP contribution >= 0.6 is 0 Å². The van der Waals surface area contributed by atoms with Gasteiger partial charge in [-0.15, -0.1) is 0 Å². The molecule has 0 atom stereocenters. The Morgan fingerprint density at radius 2 is 1.84 bits per heavy atom. The van der Waals surface area contributed by atoms with Gasteiger partial charge in [0.15, 0.2) is 0 Å². The number of amides is 1. The van der Waals surface area contributed by atoms with E-state index in [-0.39, 0.29) is 17.3 Å². The summed E-state index contributed by atoms with van der Waals surface area (Å²) in [6, 6.07) is 6.42. The molecule has 3 N–H and O–H groups in total. The number of hydrogen-bond donors (Lipinski definition) is 3. The van der Waals surface area contributed by atoms with Crippen LogP contribution in [0.1, 0.15) is 12.5 Å². The highest BCUT2D eigenvalue weighted by molar-refractivity contribution is 7.89. The number of sulfonamides is 1. The third-order valence-corrected chi connectivity index (χ3v) is 3.96. The smallest absolute Gasteiger partial charge is 0.240 e. The summed E-state index contributed by atoms with van der Waals surface area (Å²) in [5.41, 5.74) is 0.847. The third kappa shape index (κ3) is 4.98. The van der Waals surface area contributed by atoms with Gasteiger partial charge in [0.1, 0.15) is 0 Å². The van der Waals surface area contributed by atoms with Gasteiger partial charge in [-0.2, -0.15) is 0 Å². The minimum absolute atomic E-state index is 0.105. The Hall–Kier alpha value is -1.44. The molecule has 106 valence electrons. The zero-order valence-corrected chi connectivity index (χ0v) is 11.9. The minimum Gasteiger partial charge on any atom is -0.351 e. The van der Waals surface area contributed by atoms with Crippen LogP contribution in [-0.4, -0.2) is 34.5 Å². The highest BCUT2D eigenvalue weighted by atomic mass is 32.2. The molecule has 1 aromatic carbocycles. The molecule has 7 heteroatoms. The number of carbonyl (C=O) groups is 1. The maximum Gasteiger partial charge on any atom is 0.240 e. The van der Waals surface area contributed by atoms with E-state index in [4.69, 9.17) is 0 Å². The van der Waals surface area contributed by atoms with E-state index in [1.807, 2.05) is 0 Å². The molecule has 0 aliphatic heterocycles. The second-order valence-electron chi connectivity index (χ2n) is 3.95. The first kappa shape index (κ1) is 15.6. The normalized spacial score (nSPS) is 11.3. The van der Waals surface area contributed by atoms with Gasteiger partial charge in [0.05, 0.1) is 11.4 Å². The maximum absolute atomic E-state index is 11.7. The lowest BCUT2D eigenvalue weighted by Gasteiger charge is -2.07. The SMILES string of the molecule is CCNS(=O)(=O)c1ccc(CNC(=O)CNC)cc1. The van der Waals surface area contributed by atoms with Crippen LogP contribution in [0.15, 0.2) is 29.2 Å². The molecule has 0 saturated heterocycles. The number of likely N-dealkylation sites (N-methyl/N-ethyl adjacent to an activating group) is 1. The van der Waals surface area contributed by atoms with Crippen molar-refractivity contribution < 1.29 is 13.2 Å². The van der Waals surface area contributed by atoms with Crippen molar-refractivity contribution in [1.29, 1.82) is 0 Å². The van der Waals surface area contributed by atoms with E-state index in [0.29, 0.717) is 13.1 Å². The predicted molar refractivity (Wildman–Crippen MR) is 73.1 cm³/mol. The van der Waals surface area contributed by atoms with Gasteiger partial charge in [-0.1, -0.05) is 19.1 Å². The molecule has 0 unspecified atom stereocenters. The monoisotopic (exact) mass is 285 g/mol. The molecule has 0 aliphatic rings. The summed E-state index contributed by atoms with van der Waals surface area (Å²) < 4.78 is 25.8. The van der Waals surface area contributed by atoms with Crippen LogP contribution in [0.5, 0.6) is 0 Å². The second-order valence-corrected chi connectivity index (χ2v) is 5.72. The molecule has 0 radical (unpaired) electrons. The van der Waals surface area contributed by atoms with Crippen molar-refractivity contribution in [2.45, 2.75) is 18.4 Å². The van der Waals surface area contributed by atoms with Crippen molar-refractivity contribution in [3.63, 3.8) is 0 Å². The van der Waals surface area contributed by atoms with E-state index in [1.54, 1.807) is 26.1 Å². The summed E-state index contributed by atoms with van der Waals surface area (Å²) >= 11 is 0. The molecule has 0 aliphatic carbocycles. The zero-order valence-electron chi connectivity index (χ0n) is 11.1. The van der Waals surface area contributed by atoms with Crippen molar-refractivity contribution >= 4 is 15.9 Å². The van der Waals surface area contributed by atoms with E-state index in [0.717, 1.165) is 5.56 Å². The molecule has 0 bridgehead atoms. The first-order valence-electron chi connectivity index (χ1n) is 5.99. The van der Waals surface area contributed by atoms with E-state index in [2.05, 4.69) is 15.4 Å². The van der Waals surface area contributed by atoms with Crippen molar-refractivity contribution in [3.8, 4) is 0 Å². The van der Waals surface area contributed by atoms with Crippen LogP contribution in [-0.2, 0) is 21.4 Å². The highest BCUT2D eigenvalue weighted by Crippen LogP contribution is 2.10. The summed E-state index contributed by atoms with van der Waals surface area (Å²) in [7, 11) is -1.72. The molecule has 0 saturated carbocycles. The summed E-state index contributed by atoms with van der Waals surface area (Å²) in [6.07, 6.45) is 0. The number of hydrogen-bond acceptors (Lipinski definition) is 4. The van der Waals surface area contributed by atoms with Crippen LogP contribution < -0.4 is 15.4 Å². The Balaban J connectivity index is 2.64. The van der Waals surface area contributed by atoms with Crippen LogP contribution in [0, 0.1) is 0 Å². The maximum atomic E-state index is 11.7. The summed E-state index contributed by atoms with van der Waals surface area (Å²) in [5, 5.41) is 5.46. The largest absolute Gasteiger partial charge is 0.351 e. The fourth-order valence-corrected chi connectivity index (χ4v) is 2.52. The predicted octanol–water partition coefficient (Wildman–Crippen LogP) is -0.180. The van der Waals surface area contributed by atoms with E-state index in [1.165, 1.54) is 12.1 Å². The lowest BCUT2D eigenvalue weighted by molar-refractivity contribution is -0.120. The molecule has 0 aromatic heterocycles. The van der Waals surface area contributed by atoms with Crippen molar-refractivity contribution in [3.05, 3.63) is 29.8 Å². The summed E-state index contributed by atoms with van der Waals surface area (Å²) in [5.74, 6) is -0.105. The molecule has 1 aromatic rings. The van der Waals surface area contributed by atoms with Gasteiger partial charge in [0.25, 0.3) is 0 Å². The Morgan fingerprint density at radius 1 is 1.21 bits per heavy atom. The Morgan fingerprint density at radius 3 is 2.37 bits per heavy atom. The van der Waals surface area contributed by atoms with Crippen molar-refractivity contribution in [2.75, 3.05) is 20.1 Å². The zero-order chi connectivity index (χ0) is 14.3. The number of nitrogens with one attached hydrogen (secondary N) is 3. The number of carbonyl (C=O) groups excluding carboxylic acids is 1. The van der Waals surface area contributed by atoms with Crippen molar-refractivity contribution in [2.24, 2.45) is 0 Å². The lowest BCUT2D eigenvalue weighted by Crippen LogP contribution is -2.31. The topological polar surface area (TPSA) is 87.3 Å². The van der Waals surface area contributed by atoms with Gasteiger partial charge in [-0.3, -0.25) is 4.79 Å². The minimum atomic E-state index is -3.41. The Kier molecular flexibility index (Phi) is 5.94. The molecular formula is C12H19N3O3S. The first-order chi connectivity index (χ1) is 8.99. The summed E-state index contributed by atoms with van der Waals surface area (Å²) in [6.45, 7) is 2.71. The van der Waals surface area contributed by atoms with E-state index >= 15 is 0 Å². The van der Waals surface area contributed by atoms with Crippen LogP contribution in [0.4, 0.5) is 0 Å². The molecule has 6 nitrogen and oxygen atoms in total. The molecule has 1 amide bonds. The van der Waals surface area contributed by atoms with Gasteiger partial charge >= 0.3 is 0 Å². The second kappa shape index (κ2) is 7.22. The van der Waals surface area contributed by atoms with E-state index in [9.17, 15) is 13.2 Å². The quantitative estimate of drug-likeness (QED) is 0.648. The van der Waals surface area contributed by atoms with Gasteiger partial charge in [-0.05, 0) is 24.7 Å². The van der Waals surface area contributed by atoms with Gasteiger partial charge in [0, 0.05) is 13.1 Å². The first-order valence-corrected chi connectivity index (χ1v) is 7.48. The van der Waals surface area contributed by atoms with Gasteiger partial charge in [0.2, 0.25) is 15.9 Å². The fourth-order valence-electron chi connectivity index (χ4n) is 1.48. The Labute approximate surface area is 113 Å². The van der Waals surface area contributed by atoms with Crippen LogP contribution in [0.3, 0.4) is 0 Å². The summed E-state index contributed by atoms with van der Waals surface area (Å²) in [4.78, 5) is 11.5. The Bertz CT molecular complexity index is 512. The van der Waals surface area contributed by atoms with E-state index < -0.39 is 10.0 Å². The van der Waals surface area contributed by atoms with Gasteiger partial charge in [-0.25, -0.2) is 13.1 Å². The molecular weight excluding hydrogens is 266 g/mol. The molecule has 19 heavy (non-hydrogen) atoms. The van der Waals surface area contributed by atoms with Gasteiger partial charge < -0.3 is 10.6 Å². The van der Waals surface area contributed by atoms with Crippen molar-refractivity contribution in [1.82, 2.24) is 15.4 Å². The number of rotatable bonds is 7. The average molecular weight is 285 g/mol. The third-order valence-electron chi connectivity index (χ3n) is 2.40. The standard InChI is InChI=1S/C12H19N3O3S/c1-3-15-19(17,18)11-6-4-10(5-7-11)8-14-12(16)9-13-2/h4-7,13,15H,3,8-9H2,1-2H3,(H,14,16). The fraction of sp³-hybridized carbons (Fsp3) is 0.417. The van der Waals surface area contributed by atoms with Crippen LogP contribution in [0.2, 0.25) is 0 Å². The average Bonchev–Trinajstić information content (AvgIpc) is 2.37. The highest BCUT2D eigenvalue weighted by Gasteiger charge is 2.11. The lowest BCUT2D eigenvalue weighted by atomic mass is 10.2. The molecule has 0 heterocycles. The van der Waals surface area contributed by atoms with Crippen LogP contribution in [0.25, 0.3) is 0 Å². The molecule has 0 fully saturated rings. The molecule has 1 rings (SSSR count).